The highest BCUT2D eigenvalue weighted by Gasteiger charge is 2.25. The number of thiazole rings is 1. The Morgan fingerprint density at radius 1 is 1.19 bits per heavy atom. The number of likely N-dealkylation sites (tertiary alicyclic amines) is 1. The zero-order valence-corrected chi connectivity index (χ0v) is 16.4. The van der Waals surface area contributed by atoms with Crippen LogP contribution in [0, 0.1) is 5.82 Å². The molecule has 0 radical (unpaired) electrons. The molecule has 1 atom stereocenters. The number of nitrogens with zero attached hydrogens (tertiary/aromatic N) is 2. The lowest BCUT2D eigenvalue weighted by molar-refractivity contribution is 0.0934. The number of nitrogens with one attached hydrogen (secondary N) is 1. The zero-order chi connectivity index (χ0) is 18.6. The van der Waals surface area contributed by atoms with Crippen molar-refractivity contribution < 1.29 is 9.18 Å². The molecule has 2 aromatic heterocycles. The number of hydrogen-bond acceptors (Lipinski definition) is 5. The van der Waals surface area contributed by atoms with E-state index in [0.717, 1.165) is 13.1 Å². The number of benzene rings is 1. The van der Waals surface area contributed by atoms with Crippen molar-refractivity contribution in [2.24, 2.45) is 0 Å². The number of amides is 1. The van der Waals surface area contributed by atoms with Crippen LogP contribution in [0.25, 0.3) is 10.6 Å². The van der Waals surface area contributed by atoms with Gasteiger partial charge in [-0.3, -0.25) is 9.69 Å². The highest BCUT2D eigenvalue weighted by atomic mass is 32.1. The van der Waals surface area contributed by atoms with Gasteiger partial charge in [0.1, 0.15) is 16.5 Å². The summed E-state index contributed by atoms with van der Waals surface area (Å²) in [7, 11) is 0. The molecule has 27 heavy (non-hydrogen) atoms. The summed E-state index contributed by atoms with van der Waals surface area (Å²) in [6, 6.07) is 10.9. The van der Waals surface area contributed by atoms with Crippen molar-refractivity contribution in [2.75, 3.05) is 19.6 Å². The SMILES string of the molecule is O=C(NCC(c1cccs1)N1CCCC1)c1csc(-c2ccccc2F)n1. The minimum absolute atomic E-state index is 0.195. The molecule has 1 unspecified atom stereocenters. The molecule has 1 amide bonds. The fourth-order valence-corrected chi connectivity index (χ4v) is 5.05. The van der Waals surface area contributed by atoms with Crippen molar-refractivity contribution in [2.45, 2.75) is 18.9 Å². The second-order valence-electron chi connectivity index (χ2n) is 6.50. The second-order valence-corrected chi connectivity index (χ2v) is 8.34. The number of carbonyl (C=O) groups excluding carboxylic acids is 1. The van der Waals surface area contributed by atoms with Gasteiger partial charge in [0.05, 0.1) is 6.04 Å². The van der Waals surface area contributed by atoms with E-state index in [1.54, 1.807) is 34.9 Å². The first kappa shape index (κ1) is 18.3. The Hall–Kier alpha value is -2.09. The maximum Gasteiger partial charge on any atom is 0.270 e. The van der Waals surface area contributed by atoms with Gasteiger partial charge in [-0.15, -0.1) is 22.7 Å². The average molecular weight is 402 g/mol. The van der Waals surface area contributed by atoms with Crippen LogP contribution in [0.5, 0.6) is 0 Å². The molecule has 0 bridgehead atoms. The van der Waals surface area contributed by atoms with Crippen LogP contribution in [-0.4, -0.2) is 35.4 Å². The fraction of sp³-hybridized carbons (Fsp3) is 0.300. The number of carbonyl (C=O) groups is 1. The van der Waals surface area contributed by atoms with E-state index in [0.29, 0.717) is 22.8 Å². The molecule has 1 fully saturated rings. The first-order chi connectivity index (χ1) is 13.2. The molecule has 3 aromatic rings. The molecular weight excluding hydrogens is 381 g/mol. The maximum atomic E-state index is 13.9. The Balaban J connectivity index is 1.45. The minimum atomic E-state index is -0.328. The van der Waals surface area contributed by atoms with Gasteiger partial charge in [0.25, 0.3) is 5.91 Å². The summed E-state index contributed by atoms with van der Waals surface area (Å²) in [4.78, 5) is 20.6. The third-order valence-corrected chi connectivity index (χ3v) is 6.60. The van der Waals surface area contributed by atoms with Crippen molar-refractivity contribution in [1.29, 1.82) is 0 Å². The van der Waals surface area contributed by atoms with Gasteiger partial charge in [-0.2, -0.15) is 0 Å². The first-order valence-electron chi connectivity index (χ1n) is 8.98. The van der Waals surface area contributed by atoms with Crippen LogP contribution in [0.4, 0.5) is 4.39 Å². The van der Waals surface area contributed by atoms with E-state index in [-0.39, 0.29) is 17.8 Å². The lowest BCUT2D eigenvalue weighted by Gasteiger charge is -2.26. The van der Waals surface area contributed by atoms with Gasteiger partial charge >= 0.3 is 0 Å². The lowest BCUT2D eigenvalue weighted by atomic mass is 10.2. The minimum Gasteiger partial charge on any atom is -0.349 e. The molecule has 4 rings (SSSR count). The molecule has 1 aliphatic heterocycles. The smallest absolute Gasteiger partial charge is 0.270 e. The quantitative estimate of drug-likeness (QED) is 0.658. The van der Waals surface area contributed by atoms with Crippen LogP contribution in [0.2, 0.25) is 0 Å². The van der Waals surface area contributed by atoms with Crippen molar-refractivity contribution in [3.05, 3.63) is 63.5 Å². The van der Waals surface area contributed by atoms with E-state index in [1.807, 2.05) is 6.07 Å². The van der Waals surface area contributed by atoms with Crippen molar-refractivity contribution >= 4 is 28.6 Å². The van der Waals surface area contributed by atoms with Gasteiger partial charge in [-0.05, 0) is 49.5 Å². The highest BCUT2D eigenvalue weighted by Crippen LogP contribution is 2.29. The summed E-state index contributed by atoms with van der Waals surface area (Å²) in [5.74, 6) is -0.541. The number of halogens is 1. The predicted octanol–water partition coefficient (Wildman–Crippen LogP) is 4.58. The standard InChI is InChI=1S/C20H20FN3OS2/c21-15-7-2-1-6-14(15)20-23-16(13-27-20)19(25)22-12-17(18-8-5-11-26-18)24-9-3-4-10-24/h1-2,5-8,11,13,17H,3-4,9-10,12H2,(H,22,25). The second kappa shape index (κ2) is 8.29. The van der Waals surface area contributed by atoms with Crippen LogP contribution < -0.4 is 5.32 Å². The normalized spacial score (nSPS) is 15.7. The van der Waals surface area contributed by atoms with E-state index in [1.165, 1.54) is 35.1 Å². The summed E-state index contributed by atoms with van der Waals surface area (Å²) < 4.78 is 13.9. The number of aromatic nitrogens is 1. The van der Waals surface area contributed by atoms with Gasteiger partial charge in [-0.25, -0.2) is 9.37 Å². The molecule has 0 saturated carbocycles. The fourth-order valence-electron chi connectivity index (χ4n) is 3.36. The highest BCUT2D eigenvalue weighted by molar-refractivity contribution is 7.13. The van der Waals surface area contributed by atoms with Gasteiger partial charge in [0.2, 0.25) is 0 Å². The number of thiophene rings is 1. The molecule has 140 valence electrons. The van der Waals surface area contributed by atoms with Crippen molar-refractivity contribution in [3.8, 4) is 10.6 Å². The average Bonchev–Trinajstić information content (AvgIpc) is 3.44. The van der Waals surface area contributed by atoms with Crippen LogP contribution in [-0.2, 0) is 0 Å². The Bertz CT molecular complexity index is 904. The molecule has 1 aromatic carbocycles. The van der Waals surface area contributed by atoms with Crippen LogP contribution in [0.3, 0.4) is 0 Å². The molecule has 1 saturated heterocycles. The van der Waals surface area contributed by atoms with Gasteiger partial charge in [0, 0.05) is 22.4 Å². The molecule has 7 heteroatoms. The summed E-state index contributed by atoms with van der Waals surface area (Å²) >= 11 is 3.00. The summed E-state index contributed by atoms with van der Waals surface area (Å²) in [6.45, 7) is 2.67. The molecule has 1 N–H and O–H groups in total. The third-order valence-electron chi connectivity index (χ3n) is 4.75. The molecule has 0 spiro atoms. The molecule has 1 aliphatic rings. The Labute approximate surface area is 165 Å². The zero-order valence-electron chi connectivity index (χ0n) is 14.7. The van der Waals surface area contributed by atoms with Crippen molar-refractivity contribution in [3.63, 3.8) is 0 Å². The summed E-state index contributed by atoms with van der Waals surface area (Å²) in [5, 5.41) is 7.30. The number of rotatable bonds is 6. The van der Waals surface area contributed by atoms with Crippen molar-refractivity contribution in [1.82, 2.24) is 15.2 Å². The molecular formula is C20H20FN3OS2. The van der Waals surface area contributed by atoms with Crippen LogP contribution >= 0.6 is 22.7 Å². The Morgan fingerprint density at radius 3 is 2.74 bits per heavy atom. The van der Waals surface area contributed by atoms with E-state index >= 15 is 0 Å². The van der Waals surface area contributed by atoms with E-state index in [4.69, 9.17) is 0 Å². The topological polar surface area (TPSA) is 45.2 Å². The molecule has 0 aliphatic carbocycles. The summed E-state index contributed by atoms with van der Waals surface area (Å²) in [6.07, 6.45) is 2.40. The third kappa shape index (κ3) is 4.10. The lowest BCUT2D eigenvalue weighted by Crippen LogP contribution is -2.36. The Kier molecular flexibility index (Phi) is 5.61. The van der Waals surface area contributed by atoms with Gasteiger partial charge in [-0.1, -0.05) is 18.2 Å². The number of hydrogen-bond donors (Lipinski definition) is 1. The molecule has 4 nitrogen and oxygen atoms in total. The first-order valence-corrected chi connectivity index (χ1v) is 10.7. The van der Waals surface area contributed by atoms with E-state index in [9.17, 15) is 9.18 Å². The van der Waals surface area contributed by atoms with Crippen LogP contribution in [0.1, 0.15) is 34.2 Å². The van der Waals surface area contributed by atoms with E-state index in [2.05, 4.69) is 26.6 Å². The monoisotopic (exact) mass is 401 g/mol. The predicted molar refractivity (Wildman–Crippen MR) is 108 cm³/mol. The maximum absolute atomic E-state index is 13.9. The summed E-state index contributed by atoms with van der Waals surface area (Å²) in [5.41, 5.74) is 0.764. The van der Waals surface area contributed by atoms with Crippen LogP contribution in [0.15, 0.2) is 47.2 Å². The Morgan fingerprint density at radius 2 is 2.00 bits per heavy atom. The van der Waals surface area contributed by atoms with Gasteiger partial charge in [0.15, 0.2) is 0 Å². The van der Waals surface area contributed by atoms with Gasteiger partial charge < -0.3 is 5.32 Å². The van der Waals surface area contributed by atoms with E-state index < -0.39 is 0 Å². The largest absolute Gasteiger partial charge is 0.349 e. The molecule has 3 heterocycles.